The highest BCUT2D eigenvalue weighted by atomic mass is 32.2. The number of nitrogens with one attached hydrogen (secondary N) is 1. The molecule has 3 amide bonds. The van der Waals surface area contributed by atoms with E-state index in [1.54, 1.807) is 0 Å². The standard InChI is InChI=1S/C33H28F4N4O4S2/c1-3-39(4-2)20-13-9-18(10-14-20)25-26-27(30(44)41(29(26)43)21-15-11-19(34)12-16-21)46-31-28(25)47-32(45)40(31)17-24(42)38-23-8-6-5-7-22(23)33(35,36)37/h5-16,25-27H,3-4,17H2,1-2H3,(H,38,42)/t25-,26?,27?/m1/s1. The fraction of sp³-hybridized carbons (Fsp3) is 0.273. The van der Waals surface area contributed by atoms with Gasteiger partial charge in [-0.25, -0.2) is 9.29 Å². The summed E-state index contributed by atoms with van der Waals surface area (Å²) in [5, 5.41) is 1.58. The van der Waals surface area contributed by atoms with Gasteiger partial charge in [-0.1, -0.05) is 47.4 Å². The van der Waals surface area contributed by atoms with Crippen LogP contribution < -0.4 is 20.0 Å². The number of benzene rings is 3. The Morgan fingerprint density at radius 1 is 0.915 bits per heavy atom. The molecule has 1 fully saturated rings. The van der Waals surface area contributed by atoms with Crippen molar-refractivity contribution in [1.82, 2.24) is 4.57 Å². The van der Waals surface area contributed by atoms with Crippen LogP contribution in [0.5, 0.6) is 0 Å². The molecule has 14 heteroatoms. The number of hydrogen-bond donors (Lipinski definition) is 1. The average molecular weight is 685 g/mol. The Morgan fingerprint density at radius 2 is 1.57 bits per heavy atom. The van der Waals surface area contributed by atoms with Crippen molar-refractivity contribution in [3.63, 3.8) is 0 Å². The van der Waals surface area contributed by atoms with Crippen LogP contribution in [-0.4, -0.2) is 40.6 Å². The molecule has 2 aliphatic heterocycles. The van der Waals surface area contributed by atoms with Crippen molar-refractivity contribution in [2.75, 3.05) is 28.2 Å². The summed E-state index contributed by atoms with van der Waals surface area (Å²) in [5.41, 5.74) is 0.345. The van der Waals surface area contributed by atoms with Gasteiger partial charge >= 0.3 is 11.0 Å². The number of aromatic nitrogens is 1. The molecule has 1 saturated heterocycles. The number of carbonyl (C=O) groups is 3. The summed E-state index contributed by atoms with van der Waals surface area (Å²) in [6.07, 6.45) is -4.72. The predicted octanol–water partition coefficient (Wildman–Crippen LogP) is 6.35. The molecule has 8 nitrogen and oxygen atoms in total. The van der Waals surface area contributed by atoms with Gasteiger partial charge in [-0.05, 0) is 67.9 Å². The van der Waals surface area contributed by atoms with E-state index in [1.807, 2.05) is 38.1 Å². The van der Waals surface area contributed by atoms with E-state index in [9.17, 15) is 36.7 Å². The Bertz CT molecular complexity index is 1900. The van der Waals surface area contributed by atoms with E-state index >= 15 is 0 Å². The minimum atomic E-state index is -4.72. The van der Waals surface area contributed by atoms with E-state index in [4.69, 9.17) is 0 Å². The molecule has 1 aromatic heterocycles. The Hall–Kier alpha value is -4.43. The van der Waals surface area contributed by atoms with Crippen molar-refractivity contribution >= 4 is 57.9 Å². The van der Waals surface area contributed by atoms with Gasteiger partial charge in [-0.2, -0.15) is 13.2 Å². The van der Waals surface area contributed by atoms with Crippen molar-refractivity contribution in [3.8, 4) is 0 Å². The third-order valence-electron chi connectivity index (χ3n) is 8.32. The summed E-state index contributed by atoms with van der Waals surface area (Å²) in [7, 11) is 0. The largest absolute Gasteiger partial charge is 0.418 e. The van der Waals surface area contributed by atoms with Crippen molar-refractivity contribution in [1.29, 1.82) is 0 Å². The monoisotopic (exact) mass is 684 g/mol. The van der Waals surface area contributed by atoms with Crippen LogP contribution in [0.4, 0.5) is 34.6 Å². The zero-order valence-corrected chi connectivity index (χ0v) is 26.7. The summed E-state index contributed by atoms with van der Waals surface area (Å²) in [5.74, 6) is -4.11. The van der Waals surface area contributed by atoms with Gasteiger partial charge in [0.1, 0.15) is 17.6 Å². The number of amides is 3. The first-order valence-electron chi connectivity index (χ1n) is 14.8. The summed E-state index contributed by atoms with van der Waals surface area (Å²) in [6.45, 7) is 4.97. The lowest BCUT2D eigenvalue weighted by atomic mass is 9.83. The van der Waals surface area contributed by atoms with E-state index in [0.29, 0.717) is 15.5 Å². The zero-order chi connectivity index (χ0) is 33.6. The van der Waals surface area contributed by atoms with Crippen LogP contribution in [-0.2, 0) is 27.1 Å². The molecule has 3 aromatic carbocycles. The Labute approximate surface area is 275 Å². The summed E-state index contributed by atoms with van der Waals surface area (Å²) in [4.78, 5) is 57.5. The molecule has 3 heterocycles. The number of fused-ring (bicyclic) bond motifs is 2. The van der Waals surface area contributed by atoms with Gasteiger partial charge in [-0.15, -0.1) is 0 Å². The van der Waals surface area contributed by atoms with E-state index in [-0.39, 0.29) is 5.69 Å². The van der Waals surface area contributed by atoms with Crippen molar-refractivity contribution < 1.29 is 31.9 Å². The molecule has 0 saturated carbocycles. The van der Waals surface area contributed by atoms with E-state index in [1.165, 1.54) is 24.3 Å². The van der Waals surface area contributed by atoms with Crippen LogP contribution in [0.25, 0.3) is 0 Å². The van der Waals surface area contributed by atoms with E-state index in [2.05, 4.69) is 10.2 Å². The Balaban J connectivity index is 1.40. The van der Waals surface area contributed by atoms with Gasteiger partial charge in [0.05, 0.1) is 27.9 Å². The van der Waals surface area contributed by atoms with Gasteiger partial charge in [-0.3, -0.25) is 23.7 Å². The van der Waals surface area contributed by atoms with Gasteiger partial charge in [0.25, 0.3) is 0 Å². The fourth-order valence-corrected chi connectivity index (χ4v) is 8.89. The number of thiazole rings is 1. The molecule has 1 N–H and O–H groups in total. The Kier molecular flexibility index (Phi) is 8.74. The molecule has 2 unspecified atom stereocenters. The first-order chi connectivity index (χ1) is 22.4. The van der Waals surface area contributed by atoms with Crippen molar-refractivity contribution in [2.45, 2.75) is 42.8 Å². The highest BCUT2D eigenvalue weighted by Gasteiger charge is 2.56. The molecule has 3 atom stereocenters. The maximum atomic E-state index is 14.0. The van der Waals surface area contributed by atoms with Crippen LogP contribution in [0.15, 0.2) is 82.6 Å². The number of carbonyl (C=O) groups excluding carboxylic acids is 3. The minimum Gasteiger partial charge on any atom is -0.372 e. The second-order valence-corrected chi connectivity index (χ2v) is 13.1. The highest BCUT2D eigenvalue weighted by Crippen LogP contribution is 2.54. The number of rotatable bonds is 8. The number of alkyl halides is 3. The first-order valence-corrected chi connectivity index (χ1v) is 16.5. The summed E-state index contributed by atoms with van der Waals surface area (Å²) >= 11 is 1.81. The van der Waals surface area contributed by atoms with Gasteiger partial charge < -0.3 is 10.2 Å². The third-order valence-corrected chi connectivity index (χ3v) is 10.9. The minimum absolute atomic E-state index is 0.204. The zero-order valence-electron chi connectivity index (χ0n) is 25.1. The first kappa shape index (κ1) is 32.5. The lowest BCUT2D eigenvalue weighted by Gasteiger charge is -2.31. The van der Waals surface area contributed by atoms with Crippen LogP contribution in [0.1, 0.15) is 35.8 Å². The molecule has 2 aliphatic rings. The molecule has 47 heavy (non-hydrogen) atoms. The SMILES string of the molecule is CCN(CC)c1ccc([C@H]2c3sc(=O)n(CC(=O)Nc4ccccc4C(F)(F)F)c3SC3C(=O)N(c4ccc(F)cc4)C(=O)C32)cc1. The molecular weight excluding hydrogens is 657 g/mol. The molecule has 0 spiro atoms. The molecule has 0 radical (unpaired) electrons. The van der Waals surface area contributed by atoms with Crippen LogP contribution >= 0.6 is 23.1 Å². The van der Waals surface area contributed by atoms with Gasteiger partial charge in [0.15, 0.2) is 0 Å². The maximum Gasteiger partial charge on any atom is 0.418 e. The number of hydrogen-bond acceptors (Lipinski definition) is 7. The highest BCUT2D eigenvalue weighted by molar-refractivity contribution is 8.00. The quantitative estimate of drug-likeness (QED) is 0.172. The van der Waals surface area contributed by atoms with Gasteiger partial charge in [0, 0.05) is 29.6 Å². The number of halogens is 4. The number of para-hydroxylation sites is 1. The summed E-state index contributed by atoms with van der Waals surface area (Å²) < 4.78 is 55.5. The second kappa shape index (κ2) is 12.6. The second-order valence-electron chi connectivity index (χ2n) is 11.0. The normalized spacial score (nSPS) is 19.0. The van der Waals surface area contributed by atoms with Crippen LogP contribution in [0.2, 0.25) is 0 Å². The number of nitrogens with zero attached hydrogens (tertiary/aromatic N) is 3. The average Bonchev–Trinajstić information content (AvgIpc) is 3.48. The summed E-state index contributed by atoms with van der Waals surface area (Å²) in [6, 6.07) is 17.0. The number of anilines is 3. The van der Waals surface area contributed by atoms with E-state index < -0.39 is 69.5 Å². The smallest absolute Gasteiger partial charge is 0.372 e. The van der Waals surface area contributed by atoms with Gasteiger partial charge in [0.2, 0.25) is 17.7 Å². The molecule has 6 rings (SSSR count). The molecular formula is C33H28F4N4O4S2. The van der Waals surface area contributed by atoms with Crippen molar-refractivity contribution in [3.05, 3.63) is 104 Å². The maximum absolute atomic E-state index is 14.0. The number of imide groups is 1. The van der Waals surface area contributed by atoms with E-state index in [0.717, 1.165) is 75.6 Å². The molecule has 4 aromatic rings. The lowest BCUT2D eigenvalue weighted by Crippen LogP contribution is -2.33. The molecule has 0 bridgehead atoms. The topological polar surface area (TPSA) is 91.7 Å². The predicted molar refractivity (Wildman–Crippen MR) is 173 cm³/mol. The Morgan fingerprint density at radius 3 is 2.21 bits per heavy atom. The fourth-order valence-electron chi connectivity index (χ4n) is 6.11. The molecule has 0 aliphatic carbocycles. The lowest BCUT2D eigenvalue weighted by molar-refractivity contribution is -0.137. The number of thioether (sulfide) groups is 1. The third kappa shape index (κ3) is 5.95. The molecule has 244 valence electrons. The van der Waals surface area contributed by atoms with Crippen LogP contribution in [0.3, 0.4) is 0 Å². The van der Waals surface area contributed by atoms with Crippen LogP contribution in [0, 0.1) is 11.7 Å². The van der Waals surface area contributed by atoms with Crippen molar-refractivity contribution in [2.24, 2.45) is 5.92 Å².